The van der Waals surface area contributed by atoms with Gasteiger partial charge in [0.05, 0.1) is 30.4 Å². The van der Waals surface area contributed by atoms with E-state index in [-0.39, 0.29) is 64.9 Å². The fourth-order valence-electron chi connectivity index (χ4n) is 4.86. The van der Waals surface area contributed by atoms with Crippen molar-refractivity contribution in [2.75, 3.05) is 0 Å². The SMILES string of the molecule is CC(=O)c1nnn(C2CC(O)C(n3nnc(C(=O)C(C)C)c3C(=O)C(C)C)CC2OC(C)C)c1C(=O)C(C)C. The summed E-state index contributed by atoms with van der Waals surface area (Å²) in [6.07, 6.45) is -1.61. The van der Waals surface area contributed by atoms with Gasteiger partial charge in [-0.1, -0.05) is 52.0 Å². The number of aromatic nitrogens is 6. The number of ether oxygens (including phenoxy) is 1. The van der Waals surface area contributed by atoms with Crippen LogP contribution in [0.3, 0.4) is 0 Å². The lowest BCUT2D eigenvalue weighted by atomic mass is 9.85. The predicted octanol–water partition coefficient (Wildman–Crippen LogP) is 3.32. The Hall–Kier alpha value is -3.12. The number of nitrogens with zero attached hydrogens (tertiary/aromatic N) is 6. The Kier molecular flexibility index (Phi) is 9.32. The molecule has 39 heavy (non-hydrogen) atoms. The van der Waals surface area contributed by atoms with Crippen LogP contribution >= 0.6 is 0 Å². The Bertz CT molecular complexity index is 1240. The number of aliphatic hydroxyl groups is 1. The third-order valence-corrected chi connectivity index (χ3v) is 6.90. The number of hydrogen-bond acceptors (Lipinski definition) is 10. The molecule has 4 atom stereocenters. The number of ketones is 4. The average Bonchev–Trinajstić information content (AvgIpc) is 3.47. The van der Waals surface area contributed by atoms with Gasteiger partial charge in [0.1, 0.15) is 11.4 Å². The first-order valence-corrected chi connectivity index (χ1v) is 13.5. The molecule has 0 radical (unpaired) electrons. The quantitative estimate of drug-likeness (QED) is 0.416. The number of hydrogen-bond donors (Lipinski definition) is 1. The molecule has 0 aliphatic heterocycles. The van der Waals surface area contributed by atoms with Crippen LogP contribution < -0.4 is 0 Å². The summed E-state index contributed by atoms with van der Waals surface area (Å²) >= 11 is 0. The molecule has 2 heterocycles. The first-order valence-electron chi connectivity index (χ1n) is 13.5. The molecule has 1 saturated carbocycles. The molecule has 1 fully saturated rings. The summed E-state index contributed by atoms with van der Waals surface area (Å²) in [5.74, 6) is -2.52. The zero-order chi connectivity index (χ0) is 29.3. The van der Waals surface area contributed by atoms with E-state index in [9.17, 15) is 24.3 Å². The van der Waals surface area contributed by atoms with E-state index in [0.717, 1.165) is 0 Å². The molecule has 0 bridgehead atoms. The van der Waals surface area contributed by atoms with E-state index in [2.05, 4.69) is 20.6 Å². The van der Waals surface area contributed by atoms with Crippen LogP contribution in [-0.4, -0.2) is 76.5 Å². The summed E-state index contributed by atoms with van der Waals surface area (Å²) in [7, 11) is 0. The Balaban J connectivity index is 2.11. The standard InChI is InChI=1S/C27H40N6O6/c1-12(2)25(36)22-24(27(38)14(5)6)32(31-29-22)17-11-20(39-15(7)8)18(10-19(17)35)33-23(26(37)13(3)4)21(16(9)34)28-30-33/h12-15,17-20,35H,10-11H2,1-9H3. The lowest BCUT2D eigenvalue weighted by Gasteiger charge is -2.40. The molecule has 2 aromatic rings. The highest BCUT2D eigenvalue weighted by atomic mass is 16.5. The molecule has 214 valence electrons. The van der Waals surface area contributed by atoms with E-state index in [1.54, 1.807) is 41.5 Å². The van der Waals surface area contributed by atoms with E-state index in [0.29, 0.717) is 0 Å². The van der Waals surface area contributed by atoms with Gasteiger partial charge in [-0.25, -0.2) is 9.36 Å². The molecule has 2 aromatic heterocycles. The van der Waals surface area contributed by atoms with Crippen molar-refractivity contribution in [3.05, 3.63) is 22.8 Å². The summed E-state index contributed by atoms with van der Waals surface area (Å²) in [5, 5.41) is 27.8. The average molecular weight is 545 g/mol. The van der Waals surface area contributed by atoms with Crippen LogP contribution in [0.2, 0.25) is 0 Å². The van der Waals surface area contributed by atoms with Gasteiger partial charge < -0.3 is 9.84 Å². The van der Waals surface area contributed by atoms with E-state index in [1.807, 2.05) is 13.8 Å². The highest BCUT2D eigenvalue weighted by Crippen LogP contribution is 2.39. The number of aliphatic hydroxyl groups excluding tert-OH is 1. The van der Waals surface area contributed by atoms with Crippen LogP contribution in [0.25, 0.3) is 0 Å². The smallest absolute Gasteiger partial charge is 0.188 e. The maximum atomic E-state index is 13.3. The van der Waals surface area contributed by atoms with Gasteiger partial charge in [-0.2, -0.15) is 0 Å². The van der Waals surface area contributed by atoms with E-state index in [1.165, 1.54) is 16.3 Å². The van der Waals surface area contributed by atoms with Gasteiger partial charge in [-0.15, -0.1) is 10.2 Å². The zero-order valence-corrected chi connectivity index (χ0v) is 24.2. The number of carbonyl (C=O) groups is 4. The molecule has 0 spiro atoms. The first-order chi connectivity index (χ1) is 18.2. The molecule has 4 unspecified atom stereocenters. The van der Waals surface area contributed by atoms with E-state index >= 15 is 0 Å². The second-order valence-corrected chi connectivity index (χ2v) is 11.5. The van der Waals surface area contributed by atoms with Crippen molar-refractivity contribution in [1.82, 2.24) is 30.0 Å². The van der Waals surface area contributed by atoms with E-state index in [4.69, 9.17) is 4.74 Å². The second kappa shape index (κ2) is 12.0. The molecular weight excluding hydrogens is 504 g/mol. The number of rotatable bonds is 11. The fourth-order valence-corrected chi connectivity index (χ4v) is 4.86. The Morgan fingerprint density at radius 2 is 1.21 bits per heavy atom. The Morgan fingerprint density at radius 1 is 0.744 bits per heavy atom. The predicted molar refractivity (Wildman–Crippen MR) is 141 cm³/mol. The lowest BCUT2D eigenvalue weighted by Crippen LogP contribution is -2.45. The number of carbonyl (C=O) groups excluding carboxylic acids is 4. The minimum absolute atomic E-state index is 0.00783. The van der Waals surface area contributed by atoms with Gasteiger partial charge in [-0.05, 0) is 13.8 Å². The van der Waals surface area contributed by atoms with Gasteiger partial charge in [0, 0.05) is 37.5 Å². The molecule has 0 amide bonds. The molecular formula is C27H40N6O6. The largest absolute Gasteiger partial charge is 0.391 e. The third kappa shape index (κ3) is 6.06. The molecule has 1 N–H and O–H groups in total. The van der Waals surface area contributed by atoms with Crippen LogP contribution in [0, 0.1) is 17.8 Å². The molecule has 3 rings (SSSR count). The molecule has 0 saturated heterocycles. The van der Waals surface area contributed by atoms with Crippen molar-refractivity contribution in [2.24, 2.45) is 17.8 Å². The van der Waals surface area contributed by atoms with Crippen molar-refractivity contribution in [3.63, 3.8) is 0 Å². The normalized spacial score (nSPS) is 21.8. The van der Waals surface area contributed by atoms with Crippen LogP contribution in [0.4, 0.5) is 0 Å². The molecule has 12 heteroatoms. The fraction of sp³-hybridized carbons (Fsp3) is 0.704. The summed E-state index contributed by atoms with van der Waals surface area (Å²) in [5.41, 5.74) is 0.134. The molecule has 1 aliphatic carbocycles. The van der Waals surface area contributed by atoms with Crippen LogP contribution in [0.5, 0.6) is 0 Å². The van der Waals surface area contributed by atoms with Crippen molar-refractivity contribution >= 4 is 23.1 Å². The third-order valence-electron chi connectivity index (χ3n) is 6.90. The minimum atomic E-state index is -1.06. The summed E-state index contributed by atoms with van der Waals surface area (Å²) in [6.45, 7) is 15.4. The van der Waals surface area contributed by atoms with Crippen LogP contribution in [-0.2, 0) is 4.74 Å². The first kappa shape index (κ1) is 30.4. The van der Waals surface area contributed by atoms with Gasteiger partial charge in [0.15, 0.2) is 34.5 Å². The zero-order valence-electron chi connectivity index (χ0n) is 24.2. The summed E-state index contributed by atoms with van der Waals surface area (Å²) in [6, 6.07) is -1.36. The topological polar surface area (TPSA) is 159 Å². The van der Waals surface area contributed by atoms with Crippen molar-refractivity contribution in [2.45, 2.75) is 106 Å². The maximum Gasteiger partial charge on any atom is 0.188 e. The Morgan fingerprint density at radius 3 is 1.67 bits per heavy atom. The monoisotopic (exact) mass is 544 g/mol. The van der Waals surface area contributed by atoms with Crippen molar-refractivity contribution in [1.29, 1.82) is 0 Å². The summed E-state index contributed by atoms with van der Waals surface area (Å²) < 4.78 is 9.02. The Labute approximate surface area is 228 Å². The van der Waals surface area contributed by atoms with Gasteiger partial charge in [0.2, 0.25) is 0 Å². The summed E-state index contributed by atoms with van der Waals surface area (Å²) in [4.78, 5) is 51.6. The highest BCUT2D eigenvalue weighted by Gasteiger charge is 2.44. The maximum absolute atomic E-state index is 13.3. The highest BCUT2D eigenvalue weighted by molar-refractivity contribution is 6.08. The van der Waals surface area contributed by atoms with E-state index < -0.39 is 42.0 Å². The molecule has 12 nitrogen and oxygen atoms in total. The van der Waals surface area contributed by atoms with Gasteiger partial charge in [0.25, 0.3) is 0 Å². The minimum Gasteiger partial charge on any atom is -0.391 e. The second-order valence-electron chi connectivity index (χ2n) is 11.5. The van der Waals surface area contributed by atoms with Crippen molar-refractivity contribution < 1.29 is 29.0 Å². The molecule has 0 aromatic carbocycles. The number of Topliss-reactive ketones (excluding diaryl/α,β-unsaturated/α-hetero) is 4. The lowest BCUT2D eigenvalue weighted by molar-refractivity contribution is -0.0875. The van der Waals surface area contributed by atoms with Crippen LogP contribution in [0.1, 0.15) is 129 Å². The van der Waals surface area contributed by atoms with Gasteiger partial charge in [-0.3, -0.25) is 19.2 Å². The van der Waals surface area contributed by atoms with Crippen LogP contribution in [0.15, 0.2) is 0 Å². The van der Waals surface area contributed by atoms with Gasteiger partial charge >= 0.3 is 0 Å². The van der Waals surface area contributed by atoms with Crippen molar-refractivity contribution in [3.8, 4) is 0 Å². The molecule has 1 aliphatic rings.